The van der Waals surface area contributed by atoms with Crippen LogP contribution in [0.4, 0.5) is 4.39 Å². The van der Waals surface area contributed by atoms with Crippen molar-refractivity contribution >= 4 is 16.8 Å². The van der Waals surface area contributed by atoms with E-state index in [1.807, 2.05) is 18.2 Å². The lowest BCUT2D eigenvalue weighted by Crippen LogP contribution is -2.48. The summed E-state index contributed by atoms with van der Waals surface area (Å²) < 4.78 is 13.4. The summed E-state index contributed by atoms with van der Waals surface area (Å²) in [5.74, 6) is -0.559. The molecule has 2 heterocycles. The van der Waals surface area contributed by atoms with Crippen LogP contribution in [0.5, 0.6) is 0 Å². The number of halogens is 1. The highest BCUT2D eigenvalue weighted by atomic mass is 19.1. The maximum atomic E-state index is 13.4. The van der Waals surface area contributed by atoms with Crippen LogP contribution in [0.2, 0.25) is 0 Å². The quantitative estimate of drug-likeness (QED) is 0.741. The van der Waals surface area contributed by atoms with Crippen molar-refractivity contribution < 1.29 is 9.18 Å². The summed E-state index contributed by atoms with van der Waals surface area (Å²) in [7, 11) is 0. The van der Waals surface area contributed by atoms with Crippen molar-refractivity contribution in [3.8, 4) is 0 Å². The summed E-state index contributed by atoms with van der Waals surface area (Å²) in [6.07, 6.45) is 0.950. The zero-order valence-corrected chi connectivity index (χ0v) is 16.5. The lowest BCUT2D eigenvalue weighted by molar-refractivity contribution is 0.0627. The molecule has 0 unspecified atom stereocenters. The van der Waals surface area contributed by atoms with E-state index in [4.69, 9.17) is 0 Å². The van der Waals surface area contributed by atoms with Crippen molar-refractivity contribution in [2.45, 2.75) is 19.9 Å². The predicted octanol–water partition coefficient (Wildman–Crippen LogP) is 3.19. The molecule has 1 aromatic heterocycles. The van der Waals surface area contributed by atoms with E-state index < -0.39 is 5.82 Å². The zero-order chi connectivity index (χ0) is 20.4. The first-order chi connectivity index (χ1) is 14.0. The van der Waals surface area contributed by atoms with Crippen LogP contribution in [0, 0.1) is 5.82 Å². The number of H-pyrrole nitrogens is 1. The van der Waals surface area contributed by atoms with Crippen LogP contribution in [0.3, 0.4) is 0 Å². The number of carbonyl (C=O) groups is 1. The molecule has 0 saturated carbocycles. The lowest BCUT2D eigenvalue weighted by Gasteiger charge is -2.34. The number of piperazine rings is 1. The Morgan fingerprint density at radius 1 is 1.07 bits per heavy atom. The highest BCUT2D eigenvalue weighted by Crippen LogP contribution is 2.16. The normalized spacial score (nSPS) is 15.0. The van der Waals surface area contributed by atoms with E-state index in [2.05, 4.69) is 22.9 Å². The first-order valence-electron chi connectivity index (χ1n) is 9.95. The molecule has 0 atom stereocenters. The number of rotatable bonds is 4. The maximum Gasteiger partial charge on any atom is 0.254 e. The number of hydrogen-bond donors (Lipinski definition) is 1. The first kappa shape index (κ1) is 19.3. The van der Waals surface area contributed by atoms with Gasteiger partial charge in [-0.3, -0.25) is 14.5 Å². The molecule has 1 amide bonds. The summed E-state index contributed by atoms with van der Waals surface area (Å²) in [5, 5.41) is 1.04. The molecule has 1 aliphatic rings. The Bertz CT molecular complexity index is 1100. The van der Waals surface area contributed by atoms with Crippen molar-refractivity contribution in [3.05, 3.63) is 81.4 Å². The summed E-state index contributed by atoms with van der Waals surface area (Å²) >= 11 is 0. The third kappa shape index (κ3) is 4.22. The second-order valence-corrected chi connectivity index (χ2v) is 7.48. The molecule has 1 saturated heterocycles. The number of aryl methyl sites for hydroxylation is 1. The van der Waals surface area contributed by atoms with E-state index >= 15 is 0 Å². The standard InChI is InChI=1S/C23H24FN3O2/c1-2-16-6-7-21-18(12-16)13-19(22(28)25-21)15-26-8-10-27(11-9-26)23(29)17-4-3-5-20(24)14-17/h3-7,12-14H,2,8-11,15H2,1H3,(H,25,28). The molecule has 29 heavy (non-hydrogen) atoms. The Balaban J connectivity index is 1.43. The largest absolute Gasteiger partial charge is 0.336 e. The SMILES string of the molecule is CCc1ccc2[nH]c(=O)c(CN3CCN(C(=O)c4cccc(F)c4)CC3)cc2c1. The average molecular weight is 393 g/mol. The van der Waals surface area contributed by atoms with Gasteiger partial charge in [-0.2, -0.15) is 0 Å². The smallest absolute Gasteiger partial charge is 0.254 e. The topological polar surface area (TPSA) is 56.4 Å². The summed E-state index contributed by atoms with van der Waals surface area (Å²) in [4.78, 5) is 31.9. The van der Waals surface area contributed by atoms with Gasteiger partial charge in [-0.05, 0) is 53.8 Å². The fourth-order valence-corrected chi connectivity index (χ4v) is 3.79. The van der Waals surface area contributed by atoms with Crippen LogP contribution in [-0.2, 0) is 13.0 Å². The molecule has 6 heteroatoms. The average Bonchev–Trinajstić information content (AvgIpc) is 2.74. The zero-order valence-electron chi connectivity index (χ0n) is 16.5. The minimum absolute atomic E-state index is 0.0694. The molecule has 3 aromatic rings. The first-order valence-corrected chi connectivity index (χ1v) is 9.95. The molecule has 4 rings (SSSR count). The van der Waals surface area contributed by atoms with Gasteiger partial charge in [-0.15, -0.1) is 0 Å². The van der Waals surface area contributed by atoms with Gasteiger partial charge in [0.1, 0.15) is 5.82 Å². The Hall–Kier alpha value is -2.99. The van der Waals surface area contributed by atoms with E-state index in [0.29, 0.717) is 38.3 Å². The van der Waals surface area contributed by atoms with Crippen molar-refractivity contribution in [3.63, 3.8) is 0 Å². The second-order valence-electron chi connectivity index (χ2n) is 7.48. The second kappa shape index (κ2) is 8.17. The summed E-state index contributed by atoms with van der Waals surface area (Å²) in [5.41, 5.74) is 3.12. The van der Waals surface area contributed by atoms with E-state index in [0.717, 1.165) is 22.9 Å². The number of nitrogens with zero attached hydrogens (tertiary/aromatic N) is 2. The number of aromatic nitrogens is 1. The molecule has 1 N–H and O–H groups in total. The maximum absolute atomic E-state index is 13.4. The van der Waals surface area contributed by atoms with E-state index in [-0.39, 0.29) is 11.5 Å². The van der Waals surface area contributed by atoms with Gasteiger partial charge in [0.05, 0.1) is 0 Å². The van der Waals surface area contributed by atoms with Crippen LogP contribution in [-0.4, -0.2) is 46.9 Å². The van der Waals surface area contributed by atoms with Gasteiger partial charge in [0.15, 0.2) is 0 Å². The van der Waals surface area contributed by atoms with Crippen LogP contribution >= 0.6 is 0 Å². The fraction of sp³-hybridized carbons (Fsp3) is 0.304. The van der Waals surface area contributed by atoms with E-state index in [1.54, 1.807) is 17.0 Å². The van der Waals surface area contributed by atoms with Gasteiger partial charge in [0, 0.05) is 49.4 Å². The van der Waals surface area contributed by atoms with E-state index in [1.165, 1.54) is 17.7 Å². The monoisotopic (exact) mass is 393 g/mol. The molecular formula is C23H24FN3O2. The van der Waals surface area contributed by atoms with Gasteiger partial charge >= 0.3 is 0 Å². The third-order valence-electron chi connectivity index (χ3n) is 5.52. The third-order valence-corrected chi connectivity index (χ3v) is 5.52. The van der Waals surface area contributed by atoms with Gasteiger partial charge in [0.25, 0.3) is 11.5 Å². The molecule has 0 spiro atoms. The van der Waals surface area contributed by atoms with Crippen LogP contribution in [0.1, 0.15) is 28.4 Å². The Labute approximate surface area is 168 Å². The highest BCUT2D eigenvalue weighted by Gasteiger charge is 2.23. The minimum Gasteiger partial charge on any atom is -0.336 e. The number of benzene rings is 2. The number of carbonyl (C=O) groups excluding carboxylic acids is 1. The summed E-state index contributed by atoms with van der Waals surface area (Å²) in [6, 6.07) is 13.9. The van der Waals surface area contributed by atoms with Gasteiger partial charge in [-0.1, -0.05) is 19.1 Å². The number of pyridine rings is 1. The Morgan fingerprint density at radius 2 is 1.86 bits per heavy atom. The van der Waals surface area contributed by atoms with Crippen molar-refractivity contribution in [1.82, 2.24) is 14.8 Å². The lowest BCUT2D eigenvalue weighted by atomic mass is 10.1. The van der Waals surface area contributed by atoms with Crippen molar-refractivity contribution in [1.29, 1.82) is 0 Å². The molecular weight excluding hydrogens is 369 g/mol. The molecule has 150 valence electrons. The number of hydrogen-bond acceptors (Lipinski definition) is 3. The van der Waals surface area contributed by atoms with Gasteiger partial charge in [0.2, 0.25) is 0 Å². The number of nitrogens with one attached hydrogen (secondary N) is 1. The molecule has 5 nitrogen and oxygen atoms in total. The van der Waals surface area contributed by atoms with Crippen LogP contribution < -0.4 is 5.56 Å². The fourth-order valence-electron chi connectivity index (χ4n) is 3.79. The van der Waals surface area contributed by atoms with Crippen molar-refractivity contribution in [2.24, 2.45) is 0 Å². The van der Waals surface area contributed by atoms with Crippen LogP contribution in [0.25, 0.3) is 10.9 Å². The van der Waals surface area contributed by atoms with Gasteiger partial charge < -0.3 is 9.88 Å². The molecule has 0 bridgehead atoms. The molecule has 1 aliphatic heterocycles. The predicted molar refractivity (Wildman–Crippen MR) is 112 cm³/mol. The molecule has 0 aliphatic carbocycles. The number of amides is 1. The molecule has 2 aromatic carbocycles. The Kier molecular flexibility index (Phi) is 5.45. The highest BCUT2D eigenvalue weighted by molar-refractivity contribution is 5.94. The van der Waals surface area contributed by atoms with Crippen molar-refractivity contribution in [2.75, 3.05) is 26.2 Å². The number of aromatic amines is 1. The van der Waals surface area contributed by atoms with E-state index in [9.17, 15) is 14.0 Å². The Morgan fingerprint density at radius 3 is 2.59 bits per heavy atom. The molecule has 1 fully saturated rings. The minimum atomic E-state index is -0.406. The molecule has 0 radical (unpaired) electrons. The number of fused-ring (bicyclic) bond motifs is 1. The van der Waals surface area contributed by atoms with Crippen LogP contribution in [0.15, 0.2) is 53.3 Å². The summed E-state index contributed by atoms with van der Waals surface area (Å²) in [6.45, 7) is 5.12. The van der Waals surface area contributed by atoms with Gasteiger partial charge in [-0.25, -0.2) is 4.39 Å².